The zero-order valence-electron chi connectivity index (χ0n) is 20.7. The van der Waals surface area contributed by atoms with Crippen LogP contribution >= 0.6 is 0 Å². The van der Waals surface area contributed by atoms with E-state index in [0.29, 0.717) is 5.82 Å². The Hall–Kier alpha value is -3.56. The van der Waals surface area contributed by atoms with E-state index in [-0.39, 0.29) is 23.5 Å². The number of nitrogens with one attached hydrogen (secondary N) is 2. The average Bonchev–Trinajstić information content (AvgIpc) is 2.83. The van der Waals surface area contributed by atoms with E-state index in [1.807, 2.05) is 36.4 Å². The third kappa shape index (κ3) is 6.12. The summed E-state index contributed by atoms with van der Waals surface area (Å²) in [4.78, 5) is 32.4. The van der Waals surface area contributed by atoms with Crippen molar-refractivity contribution in [1.82, 2.24) is 9.97 Å². The van der Waals surface area contributed by atoms with Gasteiger partial charge in [0, 0.05) is 13.1 Å². The van der Waals surface area contributed by atoms with Crippen LogP contribution in [0, 0.1) is 0 Å². The Morgan fingerprint density at radius 3 is 2.03 bits per heavy atom. The van der Waals surface area contributed by atoms with Gasteiger partial charge in [-0.15, -0.1) is 0 Å². The number of nitrogens with zero attached hydrogens (tertiary/aromatic N) is 2. The van der Waals surface area contributed by atoms with Crippen LogP contribution in [0.15, 0.2) is 72.9 Å². The first-order chi connectivity index (χ1) is 16.7. The van der Waals surface area contributed by atoms with Gasteiger partial charge in [-0.25, -0.2) is 9.78 Å². The lowest BCUT2D eigenvalue weighted by molar-refractivity contribution is -0.142. The summed E-state index contributed by atoms with van der Waals surface area (Å²) in [5, 5.41) is 7.60. The van der Waals surface area contributed by atoms with Gasteiger partial charge in [0.05, 0.1) is 13.7 Å². The molecule has 0 bridgehead atoms. The molecule has 2 N–H and O–H groups in total. The van der Waals surface area contributed by atoms with Crippen LogP contribution in [-0.2, 0) is 18.8 Å². The van der Waals surface area contributed by atoms with Gasteiger partial charge in [-0.3, -0.25) is 10.1 Å². The lowest BCUT2D eigenvalue weighted by Gasteiger charge is -2.43. The van der Waals surface area contributed by atoms with Crippen molar-refractivity contribution in [2.45, 2.75) is 38.8 Å². The molecule has 0 saturated heterocycles. The molecule has 3 rings (SSSR count). The Labute approximate surface area is 207 Å². The standard InChI is InChI=1S/C26H32N4O4Si/c1-19(31)28-25-27-17-16-23(30-25)29-22(24(32)33-5)18-34-35(26(2,3)4,20-12-8-6-9-13-20)21-14-10-7-11-15-21/h6-17,22H,18H2,1-5H3,(H2,27,28,29,30,31). The normalized spacial score (nSPS) is 12.5. The summed E-state index contributed by atoms with van der Waals surface area (Å²) in [6.45, 7) is 7.94. The van der Waals surface area contributed by atoms with Gasteiger partial charge < -0.3 is 14.5 Å². The third-order valence-corrected chi connectivity index (χ3v) is 10.6. The first-order valence-corrected chi connectivity index (χ1v) is 13.3. The number of hydrogen-bond donors (Lipinski definition) is 2. The molecule has 0 aliphatic rings. The number of anilines is 2. The Kier molecular flexibility index (Phi) is 8.37. The molecular weight excluding hydrogens is 460 g/mol. The monoisotopic (exact) mass is 492 g/mol. The van der Waals surface area contributed by atoms with Crippen LogP contribution in [0.4, 0.5) is 11.8 Å². The van der Waals surface area contributed by atoms with Gasteiger partial charge >= 0.3 is 5.97 Å². The van der Waals surface area contributed by atoms with Crippen molar-refractivity contribution >= 4 is 42.3 Å². The Bertz CT molecular complexity index is 1100. The molecule has 0 radical (unpaired) electrons. The van der Waals surface area contributed by atoms with E-state index in [9.17, 15) is 9.59 Å². The van der Waals surface area contributed by atoms with Crippen LogP contribution in [0.1, 0.15) is 27.7 Å². The van der Waals surface area contributed by atoms with E-state index in [2.05, 4.69) is 65.6 Å². The number of hydrogen-bond acceptors (Lipinski definition) is 7. The van der Waals surface area contributed by atoms with Crippen LogP contribution < -0.4 is 21.0 Å². The maximum Gasteiger partial charge on any atom is 0.330 e. The molecule has 0 fully saturated rings. The minimum atomic E-state index is -2.86. The summed E-state index contributed by atoms with van der Waals surface area (Å²) < 4.78 is 11.9. The van der Waals surface area contributed by atoms with Crippen LogP contribution in [0.3, 0.4) is 0 Å². The molecule has 1 atom stereocenters. The van der Waals surface area contributed by atoms with Gasteiger partial charge in [-0.05, 0) is 21.5 Å². The second-order valence-corrected chi connectivity index (χ2v) is 13.4. The minimum Gasteiger partial charge on any atom is -0.467 e. The number of methoxy groups -OCH3 is 1. The van der Waals surface area contributed by atoms with Crippen LogP contribution in [0.2, 0.25) is 5.04 Å². The second-order valence-electron chi connectivity index (χ2n) is 9.14. The van der Waals surface area contributed by atoms with Gasteiger partial charge in [0.1, 0.15) is 11.9 Å². The van der Waals surface area contributed by atoms with Gasteiger partial charge in [0.15, 0.2) is 0 Å². The fourth-order valence-corrected chi connectivity index (χ4v) is 8.69. The summed E-state index contributed by atoms with van der Waals surface area (Å²) in [5.41, 5.74) is 0. The molecule has 0 saturated carbocycles. The highest BCUT2D eigenvalue weighted by Gasteiger charge is 2.50. The van der Waals surface area contributed by atoms with Crippen LogP contribution in [0.5, 0.6) is 0 Å². The predicted molar refractivity (Wildman–Crippen MR) is 139 cm³/mol. The molecule has 9 heteroatoms. The maximum absolute atomic E-state index is 12.8. The van der Waals surface area contributed by atoms with Crippen LogP contribution in [0.25, 0.3) is 0 Å². The average molecular weight is 493 g/mol. The van der Waals surface area contributed by atoms with Crippen LogP contribution in [-0.4, -0.2) is 49.9 Å². The number of carbonyl (C=O) groups is 2. The Morgan fingerprint density at radius 2 is 1.54 bits per heavy atom. The first-order valence-electron chi connectivity index (χ1n) is 11.4. The maximum atomic E-state index is 12.8. The van der Waals surface area contributed by atoms with Gasteiger partial charge in [-0.2, -0.15) is 4.98 Å². The summed E-state index contributed by atoms with van der Waals surface area (Å²) >= 11 is 0. The molecule has 0 spiro atoms. The molecule has 8 nitrogen and oxygen atoms in total. The highest BCUT2D eigenvalue weighted by Crippen LogP contribution is 2.36. The number of carbonyl (C=O) groups excluding carboxylic acids is 2. The molecule has 3 aromatic rings. The Balaban J connectivity index is 1.98. The van der Waals surface area contributed by atoms with Crippen molar-refractivity contribution in [3.05, 3.63) is 72.9 Å². The van der Waals surface area contributed by atoms with Gasteiger partial charge in [0.2, 0.25) is 11.9 Å². The predicted octanol–water partition coefficient (Wildman–Crippen LogP) is 2.97. The molecule has 1 unspecified atom stereocenters. The first kappa shape index (κ1) is 26.0. The number of benzene rings is 2. The van der Waals surface area contributed by atoms with E-state index in [0.717, 1.165) is 10.4 Å². The number of amides is 1. The summed E-state index contributed by atoms with van der Waals surface area (Å²) in [7, 11) is -1.52. The number of esters is 1. The molecule has 184 valence electrons. The quantitative estimate of drug-likeness (QED) is 0.350. The van der Waals surface area contributed by atoms with Crippen molar-refractivity contribution in [2.24, 2.45) is 0 Å². The number of rotatable bonds is 9. The van der Waals surface area contributed by atoms with E-state index in [1.54, 1.807) is 6.07 Å². The third-order valence-electron chi connectivity index (χ3n) is 5.63. The van der Waals surface area contributed by atoms with Crippen molar-refractivity contribution in [3.63, 3.8) is 0 Å². The van der Waals surface area contributed by atoms with Gasteiger partial charge in [0.25, 0.3) is 8.32 Å². The Morgan fingerprint density at radius 1 is 0.971 bits per heavy atom. The van der Waals surface area contributed by atoms with E-state index in [1.165, 1.54) is 20.2 Å². The largest absolute Gasteiger partial charge is 0.467 e. The number of aromatic nitrogens is 2. The SMILES string of the molecule is COC(=O)C(CO[Si](c1ccccc1)(c1ccccc1)C(C)(C)C)Nc1ccnc(NC(C)=O)n1. The van der Waals surface area contributed by atoms with Crippen molar-refractivity contribution in [1.29, 1.82) is 0 Å². The van der Waals surface area contributed by atoms with Crippen molar-refractivity contribution in [3.8, 4) is 0 Å². The van der Waals surface area contributed by atoms with Crippen molar-refractivity contribution < 1.29 is 18.8 Å². The van der Waals surface area contributed by atoms with E-state index in [4.69, 9.17) is 9.16 Å². The molecule has 0 aliphatic heterocycles. The smallest absolute Gasteiger partial charge is 0.330 e. The zero-order chi connectivity index (χ0) is 25.5. The van der Waals surface area contributed by atoms with E-state index >= 15 is 0 Å². The lowest BCUT2D eigenvalue weighted by atomic mass is 10.2. The molecule has 35 heavy (non-hydrogen) atoms. The fraction of sp³-hybridized carbons (Fsp3) is 0.308. The molecule has 2 aromatic carbocycles. The summed E-state index contributed by atoms with van der Waals surface area (Å²) in [6, 6.07) is 21.2. The topological polar surface area (TPSA) is 102 Å². The number of ether oxygens (including phenoxy) is 1. The molecule has 1 heterocycles. The molecule has 1 aromatic heterocycles. The highest BCUT2D eigenvalue weighted by atomic mass is 28.4. The van der Waals surface area contributed by atoms with Gasteiger partial charge in [-0.1, -0.05) is 81.4 Å². The molecular formula is C26H32N4O4Si. The summed E-state index contributed by atoms with van der Waals surface area (Å²) in [5.74, 6) is -0.270. The van der Waals surface area contributed by atoms with E-state index < -0.39 is 20.3 Å². The highest BCUT2D eigenvalue weighted by molar-refractivity contribution is 6.99. The fourth-order valence-electron chi connectivity index (χ4n) is 4.12. The minimum absolute atomic E-state index is 0.0550. The summed E-state index contributed by atoms with van der Waals surface area (Å²) in [6.07, 6.45) is 1.50. The zero-order valence-corrected chi connectivity index (χ0v) is 21.7. The lowest BCUT2D eigenvalue weighted by Crippen LogP contribution is -2.67. The second kappa shape index (κ2) is 11.2. The molecule has 1 amide bonds. The molecule has 0 aliphatic carbocycles. The van der Waals surface area contributed by atoms with Crippen molar-refractivity contribution in [2.75, 3.05) is 24.4 Å².